The number of ether oxygens (including phenoxy) is 2. The molecule has 2 heterocycles. The average molecular weight is 553 g/mol. The highest BCUT2D eigenvalue weighted by atomic mass is 127. The summed E-state index contributed by atoms with van der Waals surface area (Å²) in [6.45, 7) is 10.5. The van der Waals surface area contributed by atoms with Gasteiger partial charge in [0.2, 0.25) is 5.88 Å². The number of pyridine rings is 1. The molecule has 0 bridgehead atoms. The fourth-order valence-corrected chi connectivity index (χ4v) is 3.59. The van der Waals surface area contributed by atoms with Crippen molar-refractivity contribution >= 4 is 29.9 Å². The van der Waals surface area contributed by atoms with Crippen LogP contribution < -0.4 is 20.1 Å². The van der Waals surface area contributed by atoms with Crippen LogP contribution in [0.15, 0.2) is 53.7 Å². The van der Waals surface area contributed by atoms with Crippen molar-refractivity contribution in [2.75, 3.05) is 33.4 Å². The van der Waals surface area contributed by atoms with Gasteiger partial charge in [-0.15, -0.1) is 24.0 Å². The largest absolute Gasteiger partial charge is 0.490 e. The van der Waals surface area contributed by atoms with Crippen LogP contribution >= 0.6 is 24.0 Å². The van der Waals surface area contributed by atoms with E-state index in [1.807, 2.05) is 55.7 Å². The number of aliphatic imine (C=N–C) groups is 1. The normalized spacial score (nSPS) is 18.8. The fourth-order valence-electron chi connectivity index (χ4n) is 3.59. The monoisotopic (exact) mass is 553 g/mol. The molecule has 1 saturated heterocycles. The van der Waals surface area contributed by atoms with Crippen LogP contribution in [0.2, 0.25) is 0 Å². The molecule has 1 aromatic carbocycles. The van der Waals surface area contributed by atoms with E-state index in [0.29, 0.717) is 43.6 Å². The number of nitrogens with one attached hydrogen (secondary N) is 2. The smallest absolute Gasteiger partial charge is 0.213 e. The van der Waals surface area contributed by atoms with Crippen molar-refractivity contribution in [3.8, 4) is 11.6 Å². The van der Waals surface area contributed by atoms with Gasteiger partial charge in [0.15, 0.2) is 5.96 Å². The summed E-state index contributed by atoms with van der Waals surface area (Å²) in [6, 6.07) is 14.6. The SMILES string of the molecule is CN=C(NCc1ccc(OCCOc2ccccc2)nc1)NC1CN(C(C)C)CC1C.I. The third kappa shape index (κ3) is 8.12. The summed E-state index contributed by atoms with van der Waals surface area (Å²) in [5.74, 6) is 2.84. The van der Waals surface area contributed by atoms with Crippen molar-refractivity contribution in [3.05, 3.63) is 54.2 Å². The molecule has 1 aliphatic heterocycles. The molecule has 1 aromatic heterocycles. The van der Waals surface area contributed by atoms with Gasteiger partial charge >= 0.3 is 0 Å². The molecule has 176 valence electrons. The molecule has 0 amide bonds. The molecule has 1 fully saturated rings. The zero-order valence-electron chi connectivity index (χ0n) is 19.5. The fraction of sp³-hybridized carbons (Fsp3) is 0.500. The summed E-state index contributed by atoms with van der Waals surface area (Å²) in [5, 5.41) is 6.95. The first kappa shape index (κ1) is 26.2. The van der Waals surface area contributed by atoms with E-state index in [0.717, 1.165) is 30.4 Å². The van der Waals surface area contributed by atoms with Gasteiger partial charge in [0.1, 0.15) is 19.0 Å². The Bertz CT molecular complexity index is 817. The Morgan fingerprint density at radius 3 is 2.50 bits per heavy atom. The minimum atomic E-state index is 0. The highest BCUT2D eigenvalue weighted by Gasteiger charge is 2.31. The van der Waals surface area contributed by atoms with Crippen LogP contribution in [0.1, 0.15) is 26.3 Å². The van der Waals surface area contributed by atoms with Crippen LogP contribution in [0, 0.1) is 5.92 Å². The summed E-state index contributed by atoms with van der Waals surface area (Å²) >= 11 is 0. The molecule has 2 aromatic rings. The predicted octanol–water partition coefficient (Wildman–Crippen LogP) is 3.55. The van der Waals surface area contributed by atoms with Crippen LogP contribution in [0.3, 0.4) is 0 Å². The molecule has 7 nitrogen and oxygen atoms in total. The number of hydrogen-bond donors (Lipinski definition) is 2. The Morgan fingerprint density at radius 2 is 1.88 bits per heavy atom. The van der Waals surface area contributed by atoms with Crippen LogP contribution in [-0.2, 0) is 6.54 Å². The van der Waals surface area contributed by atoms with Gasteiger partial charge in [-0.3, -0.25) is 9.89 Å². The van der Waals surface area contributed by atoms with E-state index < -0.39 is 0 Å². The van der Waals surface area contributed by atoms with Gasteiger partial charge in [0.25, 0.3) is 0 Å². The number of benzene rings is 1. The Labute approximate surface area is 209 Å². The minimum Gasteiger partial charge on any atom is -0.490 e. The number of halogens is 1. The van der Waals surface area contributed by atoms with Gasteiger partial charge in [-0.05, 0) is 37.5 Å². The van der Waals surface area contributed by atoms with Gasteiger partial charge in [0.05, 0.1) is 0 Å². The van der Waals surface area contributed by atoms with E-state index in [4.69, 9.17) is 9.47 Å². The molecule has 32 heavy (non-hydrogen) atoms. The van der Waals surface area contributed by atoms with Gasteiger partial charge in [0, 0.05) is 51.0 Å². The Morgan fingerprint density at radius 1 is 1.12 bits per heavy atom. The van der Waals surface area contributed by atoms with Gasteiger partial charge < -0.3 is 20.1 Å². The lowest BCUT2D eigenvalue weighted by molar-refractivity contribution is 0.212. The molecule has 0 spiro atoms. The molecule has 2 unspecified atom stereocenters. The van der Waals surface area contributed by atoms with Gasteiger partial charge in [-0.2, -0.15) is 0 Å². The number of para-hydroxylation sites is 1. The highest BCUT2D eigenvalue weighted by Crippen LogP contribution is 2.18. The standard InChI is InChI=1S/C24H35N5O2.HI/c1-18(2)29-16-19(3)22(17-29)28-24(25-4)27-15-20-10-11-23(26-14-20)31-13-12-30-21-8-6-5-7-9-21;/h5-11,14,18-19,22H,12-13,15-17H2,1-4H3,(H2,25,27,28);1H. The van der Waals surface area contributed by atoms with Crippen molar-refractivity contribution in [1.82, 2.24) is 20.5 Å². The van der Waals surface area contributed by atoms with Crippen LogP contribution in [-0.4, -0.2) is 61.3 Å². The first-order valence-electron chi connectivity index (χ1n) is 11.0. The molecule has 0 radical (unpaired) electrons. The van der Waals surface area contributed by atoms with Crippen molar-refractivity contribution in [1.29, 1.82) is 0 Å². The van der Waals surface area contributed by atoms with Gasteiger partial charge in [-0.25, -0.2) is 4.98 Å². The van der Waals surface area contributed by atoms with E-state index in [1.54, 1.807) is 0 Å². The van der Waals surface area contributed by atoms with Crippen LogP contribution in [0.5, 0.6) is 11.6 Å². The second kappa shape index (κ2) is 13.5. The zero-order chi connectivity index (χ0) is 22.1. The maximum absolute atomic E-state index is 5.66. The van der Waals surface area contributed by atoms with Crippen LogP contribution in [0.4, 0.5) is 0 Å². The van der Waals surface area contributed by atoms with Crippen molar-refractivity contribution in [2.45, 2.75) is 39.4 Å². The van der Waals surface area contributed by atoms with Crippen molar-refractivity contribution in [3.63, 3.8) is 0 Å². The lowest BCUT2D eigenvalue weighted by Crippen LogP contribution is -2.46. The first-order chi connectivity index (χ1) is 15.0. The molecular formula is C24H36IN5O2. The Balaban J connectivity index is 0.00000363. The van der Waals surface area contributed by atoms with Crippen LogP contribution in [0.25, 0.3) is 0 Å². The maximum Gasteiger partial charge on any atom is 0.213 e. The lowest BCUT2D eigenvalue weighted by atomic mass is 10.1. The zero-order valence-corrected chi connectivity index (χ0v) is 21.8. The molecule has 2 atom stereocenters. The lowest BCUT2D eigenvalue weighted by Gasteiger charge is -2.22. The number of hydrogen-bond acceptors (Lipinski definition) is 5. The minimum absolute atomic E-state index is 0. The molecule has 0 saturated carbocycles. The molecule has 3 rings (SSSR count). The molecule has 0 aliphatic carbocycles. The number of rotatable bonds is 9. The first-order valence-corrected chi connectivity index (χ1v) is 11.0. The second-order valence-corrected chi connectivity index (χ2v) is 8.22. The second-order valence-electron chi connectivity index (χ2n) is 8.22. The van der Waals surface area contributed by atoms with E-state index >= 15 is 0 Å². The van der Waals surface area contributed by atoms with E-state index in [2.05, 4.69) is 46.3 Å². The Kier molecular flexibility index (Phi) is 11.0. The maximum atomic E-state index is 5.66. The van der Waals surface area contributed by atoms with E-state index in [1.165, 1.54) is 0 Å². The van der Waals surface area contributed by atoms with Crippen molar-refractivity contribution < 1.29 is 9.47 Å². The molecule has 1 aliphatic rings. The van der Waals surface area contributed by atoms with E-state index in [-0.39, 0.29) is 24.0 Å². The topological polar surface area (TPSA) is 71.0 Å². The van der Waals surface area contributed by atoms with E-state index in [9.17, 15) is 0 Å². The predicted molar refractivity (Wildman–Crippen MR) is 140 cm³/mol. The third-order valence-electron chi connectivity index (χ3n) is 5.52. The number of guanidine groups is 1. The number of likely N-dealkylation sites (tertiary alicyclic amines) is 1. The summed E-state index contributed by atoms with van der Waals surface area (Å²) in [5.41, 5.74) is 1.07. The number of nitrogens with zero attached hydrogens (tertiary/aromatic N) is 3. The summed E-state index contributed by atoms with van der Waals surface area (Å²) in [4.78, 5) is 11.3. The number of aromatic nitrogens is 1. The summed E-state index contributed by atoms with van der Waals surface area (Å²) < 4.78 is 11.3. The Hall–Kier alpha value is -2.07. The third-order valence-corrected chi connectivity index (χ3v) is 5.52. The quantitative estimate of drug-likeness (QED) is 0.214. The molecule has 8 heteroatoms. The highest BCUT2D eigenvalue weighted by molar-refractivity contribution is 14.0. The molecular weight excluding hydrogens is 517 g/mol. The molecule has 2 N–H and O–H groups in total. The summed E-state index contributed by atoms with van der Waals surface area (Å²) in [6.07, 6.45) is 1.83. The van der Waals surface area contributed by atoms with Gasteiger partial charge in [-0.1, -0.05) is 31.2 Å². The average Bonchev–Trinajstić information content (AvgIpc) is 3.16. The van der Waals surface area contributed by atoms with Crippen molar-refractivity contribution in [2.24, 2.45) is 10.9 Å². The summed E-state index contributed by atoms with van der Waals surface area (Å²) in [7, 11) is 1.81.